The maximum Gasteiger partial charge on any atom is 0.225 e. The third-order valence-electron chi connectivity index (χ3n) is 6.66. The highest BCUT2D eigenvalue weighted by atomic mass is 35.5. The number of piperazine rings is 1. The minimum atomic E-state index is 0.0920. The second kappa shape index (κ2) is 9.79. The van der Waals surface area contributed by atoms with Crippen molar-refractivity contribution in [2.75, 3.05) is 49.1 Å². The monoisotopic (exact) mass is 461 g/mol. The first-order chi connectivity index (χ1) is 16.2. The van der Waals surface area contributed by atoms with Crippen LogP contribution in [0, 0.1) is 5.92 Å². The topological polar surface area (TPSA) is 52.6 Å². The van der Waals surface area contributed by atoms with Gasteiger partial charge in [0.2, 0.25) is 5.91 Å². The van der Waals surface area contributed by atoms with Gasteiger partial charge in [-0.2, -0.15) is 0 Å². The molecule has 2 aliphatic heterocycles. The molecular weight excluding hydrogens is 434 g/mol. The van der Waals surface area contributed by atoms with Crippen LogP contribution in [0.25, 0.3) is 11.3 Å². The molecular formula is C26H28ClN5O. The summed E-state index contributed by atoms with van der Waals surface area (Å²) in [4.78, 5) is 28.7. The van der Waals surface area contributed by atoms with Crippen LogP contribution in [0.3, 0.4) is 0 Å². The number of carbonyl (C=O) groups excluding carboxylic acids is 1. The lowest BCUT2D eigenvalue weighted by molar-refractivity contribution is -0.136. The predicted molar refractivity (Wildman–Crippen MR) is 133 cm³/mol. The maximum absolute atomic E-state index is 13.2. The largest absolute Gasteiger partial charge is 0.368 e. The van der Waals surface area contributed by atoms with Crippen LogP contribution in [0.5, 0.6) is 0 Å². The van der Waals surface area contributed by atoms with Gasteiger partial charge < -0.3 is 14.7 Å². The zero-order valence-corrected chi connectivity index (χ0v) is 19.4. The van der Waals surface area contributed by atoms with Crippen LogP contribution in [-0.4, -0.2) is 60.0 Å². The van der Waals surface area contributed by atoms with Crippen molar-refractivity contribution in [3.8, 4) is 11.3 Å². The number of rotatable bonds is 4. The van der Waals surface area contributed by atoms with Crippen LogP contribution in [0.15, 0.2) is 67.0 Å². The van der Waals surface area contributed by atoms with Gasteiger partial charge >= 0.3 is 0 Å². The van der Waals surface area contributed by atoms with Gasteiger partial charge in [0.15, 0.2) is 0 Å². The molecule has 2 aromatic carbocycles. The summed E-state index contributed by atoms with van der Waals surface area (Å²) in [5, 5.41) is 0.748. The van der Waals surface area contributed by atoms with E-state index in [0.29, 0.717) is 5.91 Å². The van der Waals surface area contributed by atoms with E-state index in [2.05, 4.69) is 38.0 Å². The highest BCUT2D eigenvalue weighted by Gasteiger charge is 2.31. The molecule has 0 spiro atoms. The van der Waals surface area contributed by atoms with Crippen LogP contribution in [0.4, 0.5) is 11.5 Å². The summed E-state index contributed by atoms with van der Waals surface area (Å²) >= 11 is 6.14. The SMILES string of the molecule is O=C(C1CCN(c2cc(-c3ccccc3)ncn2)CC1)N1CCN(c2cccc(Cl)c2)CC1. The van der Waals surface area contributed by atoms with Crippen LogP contribution in [0.2, 0.25) is 5.02 Å². The van der Waals surface area contributed by atoms with Crippen molar-refractivity contribution in [3.05, 3.63) is 72.0 Å². The standard InChI is InChI=1S/C26H28ClN5O/c27-22-7-4-8-23(17-22)30-13-15-32(16-14-30)26(33)21-9-11-31(12-10-21)25-18-24(28-19-29-25)20-5-2-1-3-6-20/h1-8,17-19,21H,9-16H2. The first-order valence-corrected chi connectivity index (χ1v) is 12.0. The second-order valence-corrected chi connectivity index (χ2v) is 9.12. The number of hydrogen-bond donors (Lipinski definition) is 0. The smallest absolute Gasteiger partial charge is 0.225 e. The number of piperidine rings is 1. The van der Waals surface area contributed by atoms with Gasteiger partial charge in [0.1, 0.15) is 12.1 Å². The Kier molecular flexibility index (Phi) is 6.44. The molecule has 0 N–H and O–H groups in total. The van der Waals surface area contributed by atoms with Gasteiger partial charge in [0.25, 0.3) is 0 Å². The lowest BCUT2D eigenvalue weighted by atomic mass is 9.95. The maximum atomic E-state index is 13.2. The molecule has 0 unspecified atom stereocenters. The molecule has 0 radical (unpaired) electrons. The van der Waals surface area contributed by atoms with Crippen molar-refractivity contribution in [3.63, 3.8) is 0 Å². The lowest BCUT2D eigenvalue weighted by Crippen LogP contribution is -2.51. The number of benzene rings is 2. The summed E-state index contributed by atoms with van der Waals surface area (Å²) in [5.74, 6) is 1.33. The first-order valence-electron chi connectivity index (χ1n) is 11.6. The Balaban J connectivity index is 1.15. The first kappa shape index (κ1) is 21.7. The van der Waals surface area contributed by atoms with Gasteiger partial charge in [-0.1, -0.05) is 48.0 Å². The number of hydrogen-bond acceptors (Lipinski definition) is 5. The molecule has 2 aliphatic rings. The van der Waals surface area contributed by atoms with Gasteiger partial charge in [-0.25, -0.2) is 9.97 Å². The predicted octanol–water partition coefficient (Wildman–Crippen LogP) is 4.36. The Bertz CT molecular complexity index is 1090. The molecule has 7 heteroatoms. The number of aromatic nitrogens is 2. The van der Waals surface area contributed by atoms with Crippen LogP contribution in [0.1, 0.15) is 12.8 Å². The molecule has 2 saturated heterocycles. The number of amides is 1. The molecule has 170 valence electrons. The van der Waals surface area contributed by atoms with Crippen molar-refractivity contribution in [2.24, 2.45) is 5.92 Å². The molecule has 0 atom stereocenters. The van der Waals surface area contributed by atoms with E-state index in [0.717, 1.165) is 79.9 Å². The van der Waals surface area contributed by atoms with E-state index >= 15 is 0 Å². The van der Waals surface area contributed by atoms with E-state index in [9.17, 15) is 4.79 Å². The minimum absolute atomic E-state index is 0.0920. The summed E-state index contributed by atoms with van der Waals surface area (Å²) in [6, 6.07) is 20.1. The van der Waals surface area contributed by atoms with Crippen molar-refractivity contribution in [1.82, 2.24) is 14.9 Å². The van der Waals surface area contributed by atoms with Crippen LogP contribution in [-0.2, 0) is 4.79 Å². The fraction of sp³-hybridized carbons (Fsp3) is 0.346. The van der Waals surface area contributed by atoms with Crippen molar-refractivity contribution in [1.29, 1.82) is 0 Å². The highest BCUT2D eigenvalue weighted by Crippen LogP contribution is 2.27. The van der Waals surface area contributed by atoms with E-state index in [1.807, 2.05) is 47.4 Å². The van der Waals surface area contributed by atoms with Gasteiger partial charge in [0.05, 0.1) is 5.69 Å². The highest BCUT2D eigenvalue weighted by molar-refractivity contribution is 6.30. The second-order valence-electron chi connectivity index (χ2n) is 8.68. The van der Waals surface area contributed by atoms with E-state index < -0.39 is 0 Å². The summed E-state index contributed by atoms with van der Waals surface area (Å²) in [7, 11) is 0. The van der Waals surface area contributed by atoms with Gasteiger partial charge in [-0.15, -0.1) is 0 Å². The number of nitrogens with zero attached hydrogens (tertiary/aromatic N) is 5. The fourth-order valence-corrected chi connectivity index (χ4v) is 4.94. The Labute approximate surface area is 199 Å². The van der Waals surface area contributed by atoms with Crippen molar-refractivity contribution >= 4 is 29.0 Å². The molecule has 1 amide bonds. The summed E-state index contributed by atoms with van der Waals surface area (Å²) in [6.45, 7) is 4.88. The molecule has 0 saturated carbocycles. The third kappa shape index (κ3) is 4.96. The van der Waals surface area contributed by atoms with E-state index in [4.69, 9.17) is 11.6 Å². The quantitative estimate of drug-likeness (QED) is 0.577. The zero-order chi connectivity index (χ0) is 22.6. The van der Waals surface area contributed by atoms with Crippen molar-refractivity contribution < 1.29 is 4.79 Å². The molecule has 5 rings (SSSR count). The van der Waals surface area contributed by atoms with E-state index in [-0.39, 0.29) is 5.92 Å². The number of carbonyl (C=O) groups is 1. The van der Waals surface area contributed by atoms with Crippen LogP contribution < -0.4 is 9.80 Å². The molecule has 0 bridgehead atoms. The van der Waals surface area contributed by atoms with Gasteiger partial charge in [0, 0.05) is 67.5 Å². The third-order valence-corrected chi connectivity index (χ3v) is 6.89. The fourth-order valence-electron chi connectivity index (χ4n) is 4.76. The molecule has 1 aromatic heterocycles. The molecule has 3 heterocycles. The number of anilines is 2. The summed E-state index contributed by atoms with van der Waals surface area (Å²) in [5.41, 5.74) is 3.14. The van der Waals surface area contributed by atoms with E-state index in [1.165, 1.54) is 0 Å². The van der Waals surface area contributed by atoms with Crippen molar-refractivity contribution in [2.45, 2.75) is 12.8 Å². The van der Waals surface area contributed by atoms with E-state index in [1.54, 1.807) is 6.33 Å². The lowest BCUT2D eigenvalue weighted by Gasteiger charge is -2.39. The molecule has 2 fully saturated rings. The Morgan fingerprint density at radius 3 is 2.30 bits per heavy atom. The summed E-state index contributed by atoms with van der Waals surface area (Å²) < 4.78 is 0. The Hall–Kier alpha value is -3.12. The Morgan fingerprint density at radius 2 is 1.58 bits per heavy atom. The molecule has 3 aromatic rings. The molecule has 0 aliphatic carbocycles. The van der Waals surface area contributed by atoms with Gasteiger partial charge in [-0.05, 0) is 31.0 Å². The zero-order valence-electron chi connectivity index (χ0n) is 18.6. The molecule has 6 nitrogen and oxygen atoms in total. The van der Waals surface area contributed by atoms with Crippen LogP contribution >= 0.6 is 11.6 Å². The number of halogens is 1. The average Bonchev–Trinajstić information content (AvgIpc) is 2.89. The Morgan fingerprint density at radius 1 is 0.818 bits per heavy atom. The average molecular weight is 462 g/mol. The molecule has 33 heavy (non-hydrogen) atoms. The van der Waals surface area contributed by atoms with Gasteiger partial charge in [-0.3, -0.25) is 4.79 Å². The summed E-state index contributed by atoms with van der Waals surface area (Å²) in [6.07, 6.45) is 3.35. The normalized spacial score (nSPS) is 17.3. The minimum Gasteiger partial charge on any atom is -0.368 e.